The summed E-state index contributed by atoms with van der Waals surface area (Å²) in [6.45, 7) is 2.14. The molecule has 2 aromatic rings. The molecule has 0 radical (unpaired) electrons. The molecular weight excluding hydrogens is 270 g/mol. The summed E-state index contributed by atoms with van der Waals surface area (Å²) in [5.41, 5.74) is 8.47. The van der Waals surface area contributed by atoms with E-state index in [1.807, 2.05) is 24.3 Å². The van der Waals surface area contributed by atoms with Gasteiger partial charge in [0.15, 0.2) is 0 Å². The number of benzene rings is 1. The Balaban J connectivity index is 1.81. The molecule has 2 N–H and O–H groups in total. The fourth-order valence-electron chi connectivity index (χ4n) is 2.17. The standard InChI is InChI=1S/C15H19N3OS/c1-2-4-13-15(20-18-17-13)14(16)10-5-3-6-12(9-10)19-11-7-8-11/h3,5-6,9,11,14H,2,4,7-8,16H2,1H3. The molecule has 1 unspecified atom stereocenters. The van der Waals surface area contributed by atoms with Gasteiger partial charge in [-0.1, -0.05) is 30.0 Å². The molecule has 0 aliphatic heterocycles. The molecule has 1 atom stereocenters. The monoisotopic (exact) mass is 289 g/mol. The van der Waals surface area contributed by atoms with E-state index in [1.165, 1.54) is 11.5 Å². The molecule has 0 bridgehead atoms. The zero-order valence-corrected chi connectivity index (χ0v) is 12.4. The van der Waals surface area contributed by atoms with Gasteiger partial charge in [-0.3, -0.25) is 0 Å². The van der Waals surface area contributed by atoms with Gasteiger partial charge in [-0.05, 0) is 48.5 Å². The Bertz CT molecular complexity index is 580. The second kappa shape index (κ2) is 5.89. The maximum absolute atomic E-state index is 6.38. The predicted molar refractivity (Wildman–Crippen MR) is 80.0 cm³/mol. The number of nitrogens with two attached hydrogens (primary N) is 1. The Morgan fingerprint density at radius 3 is 3.05 bits per heavy atom. The molecule has 1 heterocycles. The maximum Gasteiger partial charge on any atom is 0.120 e. The molecule has 0 amide bonds. The lowest BCUT2D eigenvalue weighted by molar-refractivity contribution is 0.303. The summed E-state index contributed by atoms with van der Waals surface area (Å²) in [6.07, 6.45) is 4.71. The topological polar surface area (TPSA) is 61.0 Å². The molecule has 1 aromatic heterocycles. The highest BCUT2D eigenvalue weighted by atomic mass is 32.1. The average Bonchev–Trinajstić information content (AvgIpc) is 3.15. The van der Waals surface area contributed by atoms with Gasteiger partial charge < -0.3 is 10.5 Å². The quantitative estimate of drug-likeness (QED) is 0.887. The first-order valence-corrected chi connectivity index (χ1v) is 7.88. The largest absolute Gasteiger partial charge is 0.490 e. The van der Waals surface area contributed by atoms with Crippen molar-refractivity contribution in [3.8, 4) is 5.75 Å². The van der Waals surface area contributed by atoms with Crippen molar-refractivity contribution in [1.29, 1.82) is 0 Å². The van der Waals surface area contributed by atoms with E-state index in [1.54, 1.807) is 0 Å². The first-order chi connectivity index (χ1) is 9.78. The molecule has 5 heteroatoms. The van der Waals surface area contributed by atoms with Gasteiger partial charge in [-0.15, -0.1) is 5.10 Å². The van der Waals surface area contributed by atoms with Gasteiger partial charge in [-0.2, -0.15) is 0 Å². The molecule has 0 spiro atoms. The van der Waals surface area contributed by atoms with E-state index in [9.17, 15) is 0 Å². The van der Waals surface area contributed by atoms with Gasteiger partial charge in [0.1, 0.15) is 5.75 Å². The summed E-state index contributed by atoms with van der Waals surface area (Å²) in [5.74, 6) is 0.912. The minimum absolute atomic E-state index is 0.167. The number of ether oxygens (including phenoxy) is 1. The van der Waals surface area contributed by atoms with Crippen LogP contribution in [0.3, 0.4) is 0 Å². The zero-order chi connectivity index (χ0) is 13.9. The number of nitrogens with zero attached hydrogens (tertiary/aromatic N) is 2. The second-order valence-electron chi connectivity index (χ2n) is 5.20. The summed E-state index contributed by atoms with van der Waals surface area (Å²) in [6, 6.07) is 7.91. The molecule has 0 saturated heterocycles. The van der Waals surface area contributed by atoms with Crippen LogP contribution in [-0.4, -0.2) is 15.7 Å². The van der Waals surface area contributed by atoms with Gasteiger partial charge in [0.25, 0.3) is 0 Å². The van der Waals surface area contributed by atoms with E-state index in [0.717, 1.165) is 47.6 Å². The first kappa shape index (κ1) is 13.5. The predicted octanol–water partition coefficient (Wildman–Crippen LogP) is 3.08. The lowest BCUT2D eigenvalue weighted by Gasteiger charge is -2.13. The maximum atomic E-state index is 6.38. The molecule has 3 rings (SSSR count). The van der Waals surface area contributed by atoms with E-state index < -0.39 is 0 Å². The van der Waals surface area contributed by atoms with Gasteiger partial charge in [0.05, 0.1) is 22.7 Å². The van der Waals surface area contributed by atoms with Crippen LogP contribution >= 0.6 is 11.5 Å². The van der Waals surface area contributed by atoms with Crippen molar-refractivity contribution in [2.45, 2.75) is 44.8 Å². The van der Waals surface area contributed by atoms with Gasteiger partial charge in [-0.25, -0.2) is 0 Å². The Kier molecular flexibility index (Phi) is 3.98. The molecular formula is C15H19N3OS. The van der Waals surface area contributed by atoms with Crippen molar-refractivity contribution < 1.29 is 4.74 Å². The summed E-state index contributed by atoms with van der Waals surface area (Å²) in [4.78, 5) is 1.07. The van der Waals surface area contributed by atoms with E-state index in [-0.39, 0.29) is 6.04 Å². The van der Waals surface area contributed by atoms with E-state index in [0.29, 0.717) is 6.10 Å². The van der Waals surface area contributed by atoms with Crippen LogP contribution in [0, 0.1) is 0 Å². The highest BCUT2D eigenvalue weighted by molar-refractivity contribution is 7.05. The molecule has 1 aromatic carbocycles. The zero-order valence-electron chi connectivity index (χ0n) is 11.6. The van der Waals surface area contributed by atoms with Crippen LogP contribution in [0.2, 0.25) is 0 Å². The fraction of sp³-hybridized carbons (Fsp3) is 0.467. The number of aromatic nitrogens is 2. The van der Waals surface area contributed by atoms with Crippen LogP contribution in [0.25, 0.3) is 0 Å². The van der Waals surface area contributed by atoms with Crippen molar-refractivity contribution in [2.24, 2.45) is 5.73 Å². The SMILES string of the molecule is CCCc1nnsc1C(N)c1cccc(OC2CC2)c1. The molecule has 1 fully saturated rings. The molecule has 20 heavy (non-hydrogen) atoms. The third-order valence-electron chi connectivity index (χ3n) is 3.40. The molecule has 106 valence electrons. The summed E-state index contributed by atoms with van der Waals surface area (Å²) in [7, 11) is 0. The van der Waals surface area contributed by atoms with Crippen molar-refractivity contribution in [3.63, 3.8) is 0 Å². The lowest BCUT2D eigenvalue weighted by atomic mass is 10.0. The Labute approximate surface area is 123 Å². The van der Waals surface area contributed by atoms with E-state index in [2.05, 4.69) is 16.5 Å². The third kappa shape index (κ3) is 2.99. The van der Waals surface area contributed by atoms with Crippen molar-refractivity contribution >= 4 is 11.5 Å². The van der Waals surface area contributed by atoms with Crippen LogP contribution < -0.4 is 10.5 Å². The Morgan fingerprint density at radius 1 is 1.45 bits per heavy atom. The third-order valence-corrected chi connectivity index (χ3v) is 4.25. The van der Waals surface area contributed by atoms with Crippen molar-refractivity contribution in [2.75, 3.05) is 0 Å². The summed E-state index contributed by atoms with van der Waals surface area (Å²) >= 11 is 1.40. The number of aryl methyl sites for hydroxylation is 1. The minimum Gasteiger partial charge on any atom is -0.490 e. The highest BCUT2D eigenvalue weighted by Gasteiger charge is 2.24. The Hall–Kier alpha value is -1.46. The fourth-order valence-corrected chi connectivity index (χ4v) is 2.90. The normalized spacial score (nSPS) is 16.1. The second-order valence-corrected chi connectivity index (χ2v) is 5.99. The molecule has 1 aliphatic carbocycles. The van der Waals surface area contributed by atoms with Crippen LogP contribution in [0.4, 0.5) is 0 Å². The van der Waals surface area contributed by atoms with Gasteiger partial charge in [0.2, 0.25) is 0 Å². The van der Waals surface area contributed by atoms with Crippen molar-refractivity contribution in [3.05, 3.63) is 40.4 Å². The van der Waals surface area contributed by atoms with Crippen LogP contribution in [0.1, 0.15) is 48.4 Å². The van der Waals surface area contributed by atoms with Gasteiger partial charge in [0, 0.05) is 0 Å². The molecule has 4 nitrogen and oxygen atoms in total. The van der Waals surface area contributed by atoms with E-state index >= 15 is 0 Å². The smallest absolute Gasteiger partial charge is 0.120 e. The summed E-state index contributed by atoms with van der Waals surface area (Å²) in [5, 5.41) is 4.19. The number of rotatable bonds is 6. The summed E-state index contributed by atoms with van der Waals surface area (Å²) < 4.78 is 9.88. The Morgan fingerprint density at radius 2 is 2.30 bits per heavy atom. The molecule has 1 saturated carbocycles. The molecule has 1 aliphatic rings. The minimum atomic E-state index is -0.167. The van der Waals surface area contributed by atoms with Crippen molar-refractivity contribution in [1.82, 2.24) is 9.59 Å². The average molecular weight is 289 g/mol. The van der Waals surface area contributed by atoms with Crippen LogP contribution in [0.5, 0.6) is 5.75 Å². The number of hydrogen-bond donors (Lipinski definition) is 1. The van der Waals surface area contributed by atoms with Crippen LogP contribution in [0.15, 0.2) is 24.3 Å². The lowest BCUT2D eigenvalue weighted by Crippen LogP contribution is -2.12. The van der Waals surface area contributed by atoms with E-state index in [4.69, 9.17) is 10.5 Å². The number of hydrogen-bond acceptors (Lipinski definition) is 5. The van der Waals surface area contributed by atoms with Gasteiger partial charge >= 0.3 is 0 Å². The highest BCUT2D eigenvalue weighted by Crippen LogP contribution is 2.31. The first-order valence-electron chi connectivity index (χ1n) is 7.11. The van der Waals surface area contributed by atoms with Crippen LogP contribution in [-0.2, 0) is 6.42 Å².